The monoisotopic (exact) mass is 197 g/mol. The SMILES string of the molecule is Cl.Cn1c(C=O)nc2cnccc21. The van der Waals surface area contributed by atoms with Gasteiger partial charge in [-0.2, -0.15) is 0 Å². The third kappa shape index (κ3) is 1.40. The first-order valence-electron chi connectivity index (χ1n) is 3.54. The predicted octanol–water partition coefficient (Wildman–Crippen LogP) is 1.20. The molecule has 2 heterocycles. The number of hydrogen-bond donors (Lipinski definition) is 0. The Kier molecular flexibility index (Phi) is 2.63. The molecule has 0 bridgehead atoms. The van der Waals surface area contributed by atoms with Gasteiger partial charge in [0.25, 0.3) is 0 Å². The highest BCUT2D eigenvalue weighted by Crippen LogP contribution is 2.10. The highest BCUT2D eigenvalue weighted by molar-refractivity contribution is 5.85. The van der Waals surface area contributed by atoms with E-state index < -0.39 is 0 Å². The van der Waals surface area contributed by atoms with E-state index in [-0.39, 0.29) is 12.4 Å². The van der Waals surface area contributed by atoms with Gasteiger partial charge in [0.2, 0.25) is 0 Å². The van der Waals surface area contributed by atoms with Crippen LogP contribution in [0.15, 0.2) is 18.5 Å². The lowest BCUT2D eigenvalue weighted by molar-refractivity contribution is 0.111. The van der Waals surface area contributed by atoms with Crippen molar-refractivity contribution in [2.75, 3.05) is 0 Å². The van der Waals surface area contributed by atoms with Crippen LogP contribution in [-0.2, 0) is 7.05 Å². The first-order chi connectivity index (χ1) is 5.83. The average Bonchev–Trinajstić information content (AvgIpc) is 2.44. The van der Waals surface area contributed by atoms with Crippen molar-refractivity contribution in [3.8, 4) is 0 Å². The molecule has 2 aromatic heterocycles. The molecule has 5 heteroatoms. The Morgan fingerprint density at radius 3 is 2.92 bits per heavy atom. The summed E-state index contributed by atoms with van der Waals surface area (Å²) in [6.45, 7) is 0. The van der Waals surface area contributed by atoms with Crippen molar-refractivity contribution in [1.82, 2.24) is 14.5 Å². The molecule has 0 saturated carbocycles. The summed E-state index contributed by atoms with van der Waals surface area (Å²) >= 11 is 0. The molecule has 2 rings (SSSR count). The first-order valence-corrected chi connectivity index (χ1v) is 3.54. The van der Waals surface area contributed by atoms with Crippen molar-refractivity contribution in [2.45, 2.75) is 0 Å². The van der Waals surface area contributed by atoms with Crippen molar-refractivity contribution in [1.29, 1.82) is 0 Å². The number of carbonyl (C=O) groups is 1. The number of aldehydes is 1. The first kappa shape index (κ1) is 9.67. The minimum atomic E-state index is 0. The summed E-state index contributed by atoms with van der Waals surface area (Å²) in [5, 5.41) is 0. The maximum atomic E-state index is 10.5. The van der Waals surface area contributed by atoms with Crippen molar-refractivity contribution in [2.24, 2.45) is 7.05 Å². The van der Waals surface area contributed by atoms with Crippen LogP contribution < -0.4 is 0 Å². The highest BCUT2D eigenvalue weighted by Gasteiger charge is 2.04. The van der Waals surface area contributed by atoms with Gasteiger partial charge in [0.05, 0.1) is 11.7 Å². The van der Waals surface area contributed by atoms with Gasteiger partial charge in [-0.05, 0) is 6.07 Å². The smallest absolute Gasteiger partial charge is 0.185 e. The molecular weight excluding hydrogens is 190 g/mol. The van der Waals surface area contributed by atoms with Crippen LogP contribution in [0.5, 0.6) is 0 Å². The molecule has 0 amide bonds. The predicted molar refractivity (Wildman–Crippen MR) is 51.1 cm³/mol. The Labute approximate surface area is 81.0 Å². The highest BCUT2D eigenvalue weighted by atomic mass is 35.5. The second kappa shape index (κ2) is 3.53. The second-order valence-corrected chi connectivity index (χ2v) is 2.51. The maximum absolute atomic E-state index is 10.5. The van der Waals surface area contributed by atoms with Crippen LogP contribution in [0.3, 0.4) is 0 Å². The van der Waals surface area contributed by atoms with Gasteiger partial charge in [-0.1, -0.05) is 0 Å². The summed E-state index contributed by atoms with van der Waals surface area (Å²) in [6, 6.07) is 1.83. The van der Waals surface area contributed by atoms with E-state index in [1.807, 2.05) is 6.07 Å². The summed E-state index contributed by atoms with van der Waals surface area (Å²) < 4.78 is 1.74. The van der Waals surface area contributed by atoms with E-state index in [9.17, 15) is 4.79 Å². The molecule has 0 N–H and O–H groups in total. The molecule has 0 atom stereocenters. The third-order valence-electron chi connectivity index (χ3n) is 1.82. The molecule has 68 valence electrons. The lowest BCUT2D eigenvalue weighted by Gasteiger charge is -1.92. The van der Waals surface area contributed by atoms with Crippen LogP contribution >= 0.6 is 12.4 Å². The molecule has 13 heavy (non-hydrogen) atoms. The fourth-order valence-electron chi connectivity index (χ4n) is 1.18. The quantitative estimate of drug-likeness (QED) is 0.646. The van der Waals surface area contributed by atoms with Crippen LogP contribution in [0.4, 0.5) is 0 Å². The largest absolute Gasteiger partial charge is 0.325 e. The Morgan fingerprint density at radius 1 is 1.54 bits per heavy atom. The topological polar surface area (TPSA) is 47.8 Å². The van der Waals surface area contributed by atoms with Crippen LogP contribution in [-0.4, -0.2) is 20.8 Å². The fraction of sp³-hybridized carbons (Fsp3) is 0.125. The van der Waals surface area contributed by atoms with Crippen molar-refractivity contribution in [3.05, 3.63) is 24.3 Å². The standard InChI is InChI=1S/C8H7N3O.ClH/c1-11-7-2-3-9-4-6(7)10-8(11)5-12;/h2-5H,1H3;1H. The lowest BCUT2D eigenvalue weighted by atomic mass is 10.4. The third-order valence-corrected chi connectivity index (χ3v) is 1.82. The second-order valence-electron chi connectivity index (χ2n) is 2.51. The number of halogens is 1. The molecule has 0 spiro atoms. The number of hydrogen-bond acceptors (Lipinski definition) is 3. The number of rotatable bonds is 1. The molecule has 0 aliphatic carbocycles. The molecule has 0 aliphatic rings. The van der Waals surface area contributed by atoms with Gasteiger partial charge in [-0.3, -0.25) is 9.78 Å². The number of nitrogens with zero attached hydrogens (tertiary/aromatic N) is 3. The van der Waals surface area contributed by atoms with E-state index in [4.69, 9.17) is 0 Å². The molecular formula is C8H8ClN3O. The Balaban J connectivity index is 0.000000845. The van der Waals surface area contributed by atoms with Gasteiger partial charge < -0.3 is 4.57 Å². The number of aromatic nitrogens is 3. The zero-order valence-electron chi connectivity index (χ0n) is 6.97. The number of carbonyl (C=O) groups excluding carboxylic acids is 1. The van der Waals surface area contributed by atoms with Gasteiger partial charge in [-0.15, -0.1) is 12.4 Å². The van der Waals surface area contributed by atoms with Crippen LogP contribution in [0.25, 0.3) is 11.0 Å². The molecule has 0 radical (unpaired) electrons. The van der Waals surface area contributed by atoms with Gasteiger partial charge >= 0.3 is 0 Å². The minimum absolute atomic E-state index is 0. The minimum Gasteiger partial charge on any atom is -0.325 e. The zero-order valence-corrected chi connectivity index (χ0v) is 7.78. The van der Waals surface area contributed by atoms with Crippen LogP contribution in [0, 0.1) is 0 Å². The van der Waals surface area contributed by atoms with Gasteiger partial charge in [0.1, 0.15) is 5.52 Å². The molecule has 0 aromatic carbocycles. The summed E-state index contributed by atoms with van der Waals surface area (Å²) in [5.74, 6) is 0.429. The Bertz CT molecular complexity index is 438. The average molecular weight is 198 g/mol. The van der Waals surface area contributed by atoms with Crippen LogP contribution in [0.2, 0.25) is 0 Å². The van der Waals surface area contributed by atoms with E-state index in [1.165, 1.54) is 0 Å². The summed E-state index contributed by atoms with van der Waals surface area (Å²) in [6.07, 6.45) is 4.06. The van der Waals surface area contributed by atoms with Crippen molar-refractivity contribution in [3.63, 3.8) is 0 Å². The van der Waals surface area contributed by atoms with E-state index in [0.717, 1.165) is 17.3 Å². The Hall–Kier alpha value is -1.42. The number of aryl methyl sites for hydroxylation is 1. The van der Waals surface area contributed by atoms with Crippen molar-refractivity contribution < 1.29 is 4.79 Å². The zero-order chi connectivity index (χ0) is 8.55. The van der Waals surface area contributed by atoms with Gasteiger partial charge in [-0.25, -0.2) is 4.98 Å². The molecule has 4 nitrogen and oxygen atoms in total. The molecule has 2 aromatic rings. The summed E-state index contributed by atoms with van der Waals surface area (Å²) in [4.78, 5) is 18.5. The number of fused-ring (bicyclic) bond motifs is 1. The van der Waals surface area contributed by atoms with E-state index >= 15 is 0 Å². The molecule has 0 unspecified atom stereocenters. The lowest BCUT2D eigenvalue weighted by Crippen LogP contribution is -1.94. The van der Waals surface area contributed by atoms with E-state index in [0.29, 0.717) is 5.82 Å². The van der Waals surface area contributed by atoms with Gasteiger partial charge in [0, 0.05) is 13.2 Å². The number of imidazole rings is 1. The summed E-state index contributed by atoms with van der Waals surface area (Å²) in [5.41, 5.74) is 1.68. The maximum Gasteiger partial charge on any atom is 0.185 e. The van der Waals surface area contributed by atoms with E-state index in [1.54, 1.807) is 24.0 Å². The van der Waals surface area contributed by atoms with Crippen LogP contribution in [0.1, 0.15) is 10.6 Å². The fourth-order valence-corrected chi connectivity index (χ4v) is 1.18. The summed E-state index contributed by atoms with van der Waals surface area (Å²) in [7, 11) is 1.80. The Morgan fingerprint density at radius 2 is 2.31 bits per heavy atom. The molecule has 0 saturated heterocycles. The molecule has 0 aliphatic heterocycles. The number of pyridine rings is 1. The van der Waals surface area contributed by atoms with Gasteiger partial charge in [0.15, 0.2) is 12.1 Å². The van der Waals surface area contributed by atoms with E-state index in [2.05, 4.69) is 9.97 Å². The van der Waals surface area contributed by atoms with Crippen molar-refractivity contribution >= 4 is 29.7 Å². The molecule has 0 fully saturated rings. The normalized spacial score (nSPS) is 9.62.